The first-order chi connectivity index (χ1) is 11.0. The quantitative estimate of drug-likeness (QED) is 0.885. The topological polar surface area (TPSA) is 92.0 Å². The fraction of sp³-hybridized carbons (Fsp3) is 0.375. The van der Waals surface area contributed by atoms with E-state index in [0.29, 0.717) is 30.0 Å². The third kappa shape index (κ3) is 2.63. The lowest BCUT2D eigenvalue weighted by atomic mass is 10.1. The Morgan fingerprint density at radius 2 is 2.22 bits per heavy atom. The van der Waals surface area contributed by atoms with Gasteiger partial charge in [0, 0.05) is 36.7 Å². The molecule has 1 aromatic carbocycles. The number of aliphatic carboxylic acids is 1. The number of aryl methyl sites for hydroxylation is 1. The van der Waals surface area contributed by atoms with Crippen molar-refractivity contribution >= 4 is 22.8 Å². The van der Waals surface area contributed by atoms with Gasteiger partial charge in [0.2, 0.25) is 0 Å². The lowest BCUT2D eigenvalue weighted by Crippen LogP contribution is -2.57. The lowest BCUT2D eigenvalue weighted by molar-refractivity contribution is -0.142. The molecule has 0 bridgehead atoms. The first-order valence-corrected chi connectivity index (χ1v) is 7.34. The molecule has 1 aromatic heterocycles. The normalized spacial score (nSPS) is 18.2. The van der Waals surface area contributed by atoms with Crippen molar-refractivity contribution in [3.05, 3.63) is 29.5 Å². The molecule has 7 nitrogen and oxygen atoms in total. The van der Waals surface area contributed by atoms with Crippen molar-refractivity contribution in [2.75, 3.05) is 26.7 Å². The Morgan fingerprint density at radius 3 is 2.91 bits per heavy atom. The number of piperazine rings is 1. The molecule has 1 fully saturated rings. The van der Waals surface area contributed by atoms with Crippen LogP contribution in [0.3, 0.4) is 0 Å². The summed E-state index contributed by atoms with van der Waals surface area (Å²) in [6.07, 6.45) is 0. The zero-order valence-electron chi connectivity index (χ0n) is 13.0. The zero-order valence-corrected chi connectivity index (χ0v) is 13.0. The lowest BCUT2D eigenvalue weighted by Gasteiger charge is -2.32. The van der Waals surface area contributed by atoms with Crippen LogP contribution in [0.15, 0.2) is 22.6 Å². The number of carboxylic acid groups (broad SMARTS) is 1. The van der Waals surface area contributed by atoms with Gasteiger partial charge in [-0.1, -0.05) is 0 Å². The fourth-order valence-electron chi connectivity index (χ4n) is 2.84. The van der Waals surface area contributed by atoms with Crippen molar-refractivity contribution < 1.29 is 23.8 Å². The molecule has 2 heterocycles. The summed E-state index contributed by atoms with van der Waals surface area (Å²) >= 11 is 0. The van der Waals surface area contributed by atoms with Crippen molar-refractivity contribution in [2.24, 2.45) is 0 Å². The van der Waals surface area contributed by atoms with Gasteiger partial charge in [-0.3, -0.25) is 4.79 Å². The molecule has 0 aliphatic carbocycles. The molecular weight excluding hydrogens is 300 g/mol. The van der Waals surface area contributed by atoms with Gasteiger partial charge in [0.05, 0.1) is 7.11 Å². The average Bonchev–Trinajstić information content (AvgIpc) is 2.90. The molecule has 1 saturated heterocycles. The molecule has 7 heteroatoms. The van der Waals surface area contributed by atoms with E-state index in [1.165, 1.54) is 4.90 Å². The number of carbonyl (C=O) groups is 2. The van der Waals surface area contributed by atoms with E-state index in [-0.39, 0.29) is 12.3 Å². The Balaban J connectivity index is 1.99. The molecule has 1 atom stereocenters. The fourth-order valence-corrected chi connectivity index (χ4v) is 2.84. The molecule has 1 unspecified atom stereocenters. The van der Waals surface area contributed by atoms with Crippen LogP contribution in [0.4, 0.5) is 0 Å². The van der Waals surface area contributed by atoms with Crippen LogP contribution in [0.5, 0.6) is 5.75 Å². The second kappa shape index (κ2) is 5.92. The van der Waals surface area contributed by atoms with Gasteiger partial charge < -0.3 is 24.5 Å². The molecule has 1 aliphatic rings. The number of carbonyl (C=O) groups excluding carboxylic acids is 1. The summed E-state index contributed by atoms with van der Waals surface area (Å²) in [5.74, 6) is -0.607. The van der Waals surface area contributed by atoms with Gasteiger partial charge in [0.25, 0.3) is 5.91 Å². The number of nitrogens with zero attached hydrogens (tertiary/aromatic N) is 1. The van der Waals surface area contributed by atoms with E-state index < -0.39 is 17.9 Å². The van der Waals surface area contributed by atoms with E-state index in [9.17, 15) is 14.7 Å². The number of ether oxygens (including phenoxy) is 1. The smallest absolute Gasteiger partial charge is 0.327 e. The van der Waals surface area contributed by atoms with Gasteiger partial charge in [-0.2, -0.15) is 0 Å². The van der Waals surface area contributed by atoms with Gasteiger partial charge in [0.1, 0.15) is 17.4 Å². The van der Waals surface area contributed by atoms with Gasteiger partial charge >= 0.3 is 5.97 Å². The number of furan rings is 1. The number of amides is 1. The second-order valence-electron chi connectivity index (χ2n) is 5.47. The number of hydrogen-bond donors (Lipinski definition) is 2. The monoisotopic (exact) mass is 318 g/mol. The van der Waals surface area contributed by atoms with Gasteiger partial charge in [-0.25, -0.2) is 4.79 Å². The molecule has 122 valence electrons. The van der Waals surface area contributed by atoms with Crippen LogP contribution in [0.25, 0.3) is 11.0 Å². The summed E-state index contributed by atoms with van der Waals surface area (Å²) < 4.78 is 10.9. The minimum Gasteiger partial charge on any atom is -0.497 e. The Hall–Kier alpha value is -2.54. The molecule has 1 aliphatic heterocycles. The van der Waals surface area contributed by atoms with E-state index >= 15 is 0 Å². The molecule has 2 aromatic rings. The van der Waals surface area contributed by atoms with E-state index in [1.54, 1.807) is 26.2 Å². The van der Waals surface area contributed by atoms with Crippen molar-refractivity contribution in [2.45, 2.75) is 13.0 Å². The molecule has 3 rings (SSSR count). The standard InChI is InChI=1S/C16H18N2O5/c1-9-11-4-3-10(22-2)7-13(11)23-14(9)15(19)18-6-5-17-8-12(18)16(20)21/h3-4,7,12,17H,5-6,8H2,1-2H3,(H,20,21). The largest absolute Gasteiger partial charge is 0.497 e. The maximum Gasteiger partial charge on any atom is 0.327 e. The summed E-state index contributed by atoms with van der Waals surface area (Å²) in [6, 6.07) is 4.45. The highest BCUT2D eigenvalue weighted by Gasteiger charge is 2.34. The summed E-state index contributed by atoms with van der Waals surface area (Å²) in [6.45, 7) is 2.91. The first-order valence-electron chi connectivity index (χ1n) is 7.34. The van der Waals surface area contributed by atoms with Crippen molar-refractivity contribution in [3.63, 3.8) is 0 Å². The highest BCUT2D eigenvalue weighted by molar-refractivity contribution is 6.00. The molecule has 2 N–H and O–H groups in total. The van der Waals surface area contributed by atoms with Crippen LogP contribution in [0.1, 0.15) is 16.1 Å². The van der Waals surface area contributed by atoms with Crippen LogP contribution >= 0.6 is 0 Å². The molecule has 0 spiro atoms. The summed E-state index contributed by atoms with van der Waals surface area (Å²) in [5, 5.41) is 13.1. The molecular formula is C16H18N2O5. The highest BCUT2D eigenvalue weighted by atomic mass is 16.5. The summed E-state index contributed by atoms with van der Waals surface area (Å²) in [7, 11) is 1.56. The third-order valence-corrected chi connectivity index (χ3v) is 4.13. The first kappa shape index (κ1) is 15.4. The van der Waals surface area contributed by atoms with E-state index in [1.807, 2.05) is 6.07 Å². The van der Waals surface area contributed by atoms with Crippen LogP contribution in [-0.4, -0.2) is 54.7 Å². The zero-order chi connectivity index (χ0) is 16.6. The van der Waals surface area contributed by atoms with E-state index in [4.69, 9.17) is 9.15 Å². The van der Waals surface area contributed by atoms with E-state index in [2.05, 4.69) is 5.32 Å². The van der Waals surface area contributed by atoms with Crippen LogP contribution in [0, 0.1) is 6.92 Å². The number of nitrogens with one attached hydrogen (secondary N) is 1. The number of carboxylic acids is 1. The Morgan fingerprint density at radius 1 is 1.43 bits per heavy atom. The molecule has 0 saturated carbocycles. The molecule has 23 heavy (non-hydrogen) atoms. The number of hydrogen-bond acceptors (Lipinski definition) is 5. The Kier molecular flexibility index (Phi) is 3.96. The molecule has 1 amide bonds. The third-order valence-electron chi connectivity index (χ3n) is 4.13. The van der Waals surface area contributed by atoms with Crippen molar-refractivity contribution in [1.82, 2.24) is 10.2 Å². The van der Waals surface area contributed by atoms with Crippen LogP contribution in [0.2, 0.25) is 0 Å². The minimum absolute atomic E-state index is 0.182. The number of fused-ring (bicyclic) bond motifs is 1. The van der Waals surface area contributed by atoms with Crippen molar-refractivity contribution in [1.29, 1.82) is 0 Å². The Labute approximate surface area is 132 Å². The van der Waals surface area contributed by atoms with E-state index in [0.717, 1.165) is 5.39 Å². The van der Waals surface area contributed by atoms with Crippen LogP contribution in [-0.2, 0) is 4.79 Å². The predicted octanol–water partition coefficient (Wildman–Crippen LogP) is 1.25. The van der Waals surface area contributed by atoms with Crippen LogP contribution < -0.4 is 10.1 Å². The number of rotatable bonds is 3. The van der Waals surface area contributed by atoms with Crippen molar-refractivity contribution in [3.8, 4) is 5.75 Å². The van der Waals surface area contributed by atoms with Gasteiger partial charge in [0.15, 0.2) is 5.76 Å². The second-order valence-corrected chi connectivity index (χ2v) is 5.47. The average molecular weight is 318 g/mol. The Bertz CT molecular complexity index is 767. The summed E-state index contributed by atoms with van der Waals surface area (Å²) in [4.78, 5) is 25.5. The summed E-state index contributed by atoms with van der Waals surface area (Å²) in [5.41, 5.74) is 1.25. The minimum atomic E-state index is -1.03. The highest BCUT2D eigenvalue weighted by Crippen LogP contribution is 2.29. The SMILES string of the molecule is COc1ccc2c(C)c(C(=O)N3CCNCC3C(=O)O)oc2c1. The molecule has 0 radical (unpaired) electrons. The maximum atomic E-state index is 12.8. The number of methoxy groups -OCH3 is 1. The maximum absolute atomic E-state index is 12.8. The predicted molar refractivity (Wildman–Crippen MR) is 82.8 cm³/mol. The van der Waals surface area contributed by atoms with Gasteiger partial charge in [-0.15, -0.1) is 0 Å². The number of benzene rings is 1. The van der Waals surface area contributed by atoms with Gasteiger partial charge in [-0.05, 0) is 19.1 Å².